The molecule has 2 aliphatic heterocycles. The van der Waals surface area contributed by atoms with Gasteiger partial charge in [-0.05, 0) is 13.8 Å². The van der Waals surface area contributed by atoms with Crippen LogP contribution in [-0.4, -0.2) is 49.3 Å². The predicted molar refractivity (Wildman–Crippen MR) is 54.7 cm³/mol. The number of rotatable bonds is 4. The third-order valence-electron chi connectivity index (χ3n) is 2.73. The molecule has 2 aliphatic rings. The van der Waals surface area contributed by atoms with Crippen LogP contribution in [0.25, 0.3) is 0 Å². The van der Waals surface area contributed by atoms with Crippen molar-refractivity contribution in [2.24, 2.45) is 0 Å². The smallest absolute Gasteiger partial charge is 0.309 e. The molecule has 6 heteroatoms. The largest absolute Gasteiger partial charge is 0.368 e. The SMILES string of the molecule is C[C@@]1(CNC(=O)C(=O)NC[C@]2(C)CO2)CO1. The summed E-state index contributed by atoms with van der Waals surface area (Å²) in [4.78, 5) is 22.7. The molecule has 90 valence electrons. The highest BCUT2D eigenvalue weighted by Gasteiger charge is 2.41. The van der Waals surface area contributed by atoms with Crippen LogP contribution in [0.1, 0.15) is 13.8 Å². The molecule has 0 radical (unpaired) electrons. The zero-order chi connectivity index (χ0) is 11.8. The number of ether oxygens (including phenoxy) is 2. The van der Waals surface area contributed by atoms with Crippen LogP contribution < -0.4 is 10.6 Å². The van der Waals surface area contributed by atoms with E-state index in [1.54, 1.807) is 0 Å². The molecule has 2 atom stereocenters. The van der Waals surface area contributed by atoms with Crippen LogP contribution in [0, 0.1) is 0 Å². The zero-order valence-corrected chi connectivity index (χ0v) is 9.46. The van der Waals surface area contributed by atoms with Crippen molar-refractivity contribution in [2.45, 2.75) is 25.0 Å². The molecule has 0 saturated carbocycles. The summed E-state index contributed by atoms with van der Waals surface area (Å²) in [5, 5.41) is 5.05. The molecular formula is C10H16N2O4. The van der Waals surface area contributed by atoms with Crippen LogP contribution in [-0.2, 0) is 19.1 Å². The lowest BCUT2D eigenvalue weighted by molar-refractivity contribution is -0.139. The summed E-state index contributed by atoms with van der Waals surface area (Å²) < 4.78 is 10.2. The molecule has 6 nitrogen and oxygen atoms in total. The van der Waals surface area contributed by atoms with Crippen molar-refractivity contribution in [3.63, 3.8) is 0 Å². The lowest BCUT2D eigenvalue weighted by Crippen LogP contribution is -2.45. The van der Waals surface area contributed by atoms with E-state index in [1.807, 2.05) is 13.8 Å². The van der Waals surface area contributed by atoms with Gasteiger partial charge in [0.15, 0.2) is 0 Å². The zero-order valence-electron chi connectivity index (χ0n) is 9.46. The van der Waals surface area contributed by atoms with Gasteiger partial charge >= 0.3 is 11.8 Å². The molecule has 0 unspecified atom stereocenters. The first kappa shape index (κ1) is 11.3. The maximum atomic E-state index is 11.3. The van der Waals surface area contributed by atoms with Gasteiger partial charge in [0.2, 0.25) is 0 Å². The molecule has 2 amide bonds. The van der Waals surface area contributed by atoms with Gasteiger partial charge in [0, 0.05) is 13.1 Å². The highest BCUT2D eigenvalue weighted by atomic mass is 16.6. The Bertz CT molecular complexity index is 289. The van der Waals surface area contributed by atoms with Gasteiger partial charge in [-0.25, -0.2) is 0 Å². The van der Waals surface area contributed by atoms with Crippen LogP contribution in [0.2, 0.25) is 0 Å². The highest BCUT2D eigenvalue weighted by Crippen LogP contribution is 2.24. The summed E-state index contributed by atoms with van der Waals surface area (Å²) >= 11 is 0. The predicted octanol–water partition coefficient (Wildman–Crippen LogP) is -1.20. The first-order chi connectivity index (χ1) is 7.43. The topological polar surface area (TPSA) is 83.3 Å². The number of epoxide rings is 2. The Morgan fingerprint density at radius 1 is 1.00 bits per heavy atom. The number of hydrogen-bond donors (Lipinski definition) is 2. The molecule has 0 aromatic carbocycles. The van der Waals surface area contributed by atoms with E-state index in [4.69, 9.17) is 9.47 Å². The monoisotopic (exact) mass is 228 g/mol. The minimum Gasteiger partial charge on any atom is -0.368 e. The van der Waals surface area contributed by atoms with Crippen LogP contribution >= 0.6 is 0 Å². The molecule has 2 N–H and O–H groups in total. The maximum absolute atomic E-state index is 11.3. The van der Waals surface area contributed by atoms with Gasteiger partial charge in [-0.15, -0.1) is 0 Å². The molecule has 0 aromatic rings. The van der Waals surface area contributed by atoms with Gasteiger partial charge in [0.05, 0.1) is 13.2 Å². The summed E-state index contributed by atoms with van der Waals surface area (Å²) in [6.45, 7) is 5.75. The summed E-state index contributed by atoms with van der Waals surface area (Å²) in [7, 11) is 0. The second kappa shape index (κ2) is 3.71. The van der Waals surface area contributed by atoms with Gasteiger partial charge in [-0.1, -0.05) is 0 Å². The van der Waals surface area contributed by atoms with Crippen molar-refractivity contribution in [3.05, 3.63) is 0 Å². The first-order valence-corrected chi connectivity index (χ1v) is 5.27. The van der Waals surface area contributed by atoms with Gasteiger partial charge in [0.1, 0.15) is 11.2 Å². The second-order valence-electron chi connectivity index (χ2n) is 4.84. The lowest BCUT2D eigenvalue weighted by atomic mass is 10.2. The van der Waals surface area contributed by atoms with Crippen molar-refractivity contribution in [3.8, 4) is 0 Å². The fourth-order valence-electron chi connectivity index (χ4n) is 1.15. The van der Waals surface area contributed by atoms with Gasteiger partial charge in [-0.2, -0.15) is 0 Å². The average Bonchev–Trinajstić information content (AvgIpc) is 3.14. The summed E-state index contributed by atoms with van der Waals surface area (Å²) in [5.41, 5.74) is -0.553. The van der Waals surface area contributed by atoms with Gasteiger partial charge in [0.25, 0.3) is 0 Å². The molecule has 2 fully saturated rings. The van der Waals surface area contributed by atoms with E-state index in [1.165, 1.54) is 0 Å². The van der Waals surface area contributed by atoms with E-state index >= 15 is 0 Å². The fourth-order valence-corrected chi connectivity index (χ4v) is 1.15. The fraction of sp³-hybridized carbons (Fsp3) is 0.800. The quantitative estimate of drug-likeness (QED) is 0.467. The normalized spacial score (nSPS) is 35.4. The average molecular weight is 228 g/mol. The molecule has 0 aromatic heterocycles. The van der Waals surface area contributed by atoms with E-state index in [0.717, 1.165) is 0 Å². The van der Waals surface area contributed by atoms with Crippen LogP contribution in [0.4, 0.5) is 0 Å². The Labute approximate surface area is 93.7 Å². The van der Waals surface area contributed by atoms with Gasteiger partial charge < -0.3 is 20.1 Å². The summed E-state index contributed by atoms with van der Waals surface area (Å²) in [6.07, 6.45) is 0. The van der Waals surface area contributed by atoms with E-state index in [0.29, 0.717) is 26.3 Å². The van der Waals surface area contributed by atoms with E-state index in [2.05, 4.69) is 10.6 Å². The highest BCUT2D eigenvalue weighted by molar-refractivity contribution is 6.35. The number of amides is 2. The minimum absolute atomic E-state index is 0.276. The Kier molecular flexibility index (Phi) is 2.63. The molecule has 2 rings (SSSR count). The molecule has 16 heavy (non-hydrogen) atoms. The summed E-state index contributed by atoms with van der Waals surface area (Å²) in [5.74, 6) is -1.25. The van der Waals surface area contributed by atoms with Crippen molar-refractivity contribution < 1.29 is 19.1 Å². The number of carbonyl (C=O) groups is 2. The van der Waals surface area contributed by atoms with Gasteiger partial charge in [-0.3, -0.25) is 9.59 Å². The van der Waals surface area contributed by atoms with Crippen molar-refractivity contribution in [1.82, 2.24) is 10.6 Å². The number of nitrogens with one attached hydrogen (secondary N) is 2. The Morgan fingerprint density at radius 2 is 1.31 bits per heavy atom. The standard InChI is InChI=1S/C10H16N2O4/c1-9(5-15-9)3-11-7(13)8(14)12-4-10(2)6-16-10/h3-6H2,1-2H3,(H,11,13)(H,12,14)/t9-,10-/m1/s1. The van der Waals surface area contributed by atoms with Crippen LogP contribution in [0.5, 0.6) is 0 Å². The third kappa shape index (κ3) is 2.93. The molecular weight excluding hydrogens is 212 g/mol. The lowest BCUT2D eigenvalue weighted by Gasteiger charge is -2.09. The van der Waals surface area contributed by atoms with Crippen LogP contribution in [0.15, 0.2) is 0 Å². The molecule has 2 saturated heterocycles. The van der Waals surface area contributed by atoms with E-state index < -0.39 is 11.8 Å². The van der Waals surface area contributed by atoms with Crippen molar-refractivity contribution >= 4 is 11.8 Å². The maximum Gasteiger partial charge on any atom is 0.309 e. The molecule has 2 heterocycles. The number of hydrogen-bond acceptors (Lipinski definition) is 4. The van der Waals surface area contributed by atoms with Crippen LogP contribution in [0.3, 0.4) is 0 Å². The van der Waals surface area contributed by atoms with E-state index in [9.17, 15) is 9.59 Å². The van der Waals surface area contributed by atoms with Crippen molar-refractivity contribution in [1.29, 1.82) is 0 Å². The molecule has 0 bridgehead atoms. The Hall–Kier alpha value is -1.14. The van der Waals surface area contributed by atoms with Crippen molar-refractivity contribution in [2.75, 3.05) is 26.3 Å². The first-order valence-electron chi connectivity index (χ1n) is 5.27. The minimum atomic E-state index is -0.624. The molecule has 0 aliphatic carbocycles. The number of carbonyl (C=O) groups excluding carboxylic acids is 2. The van der Waals surface area contributed by atoms with E-state index in [-0.39, 0.29) is 11.2 Å². The second-order valence-corrected chi connectivity index (χ2v) is 4.84. The summed E-state index contributed by atoms with van der Waals surface area (Å²) in [6, 6.07) is 0. The third-order valence-corrected chi connectivity index (χ3v) is 2.73. The molecule has 0 spiro atoms. The Morgan fingerprint density at radius 3 is 1.56 bits per heavy atom. The Balaban J connectivity index is 1.65.